The van der Waals surface area contributed by atoms with Crippen molar-refractivity contribution in [3.8, 4) is 0 Å². The third kappa shape index (κ3) is 5.96. The van der Waals surface area contributed by atoms with Gasteiger partial charge in [0.25, 0.3) is 0 Å². The standard InChI is InChI=1S/C25H24N4OS2/c1-17-12-13-21(14-18(17)2)26-24-28-29-25(32-24)31-16-23(30)27-22-11-7-6-10-20(22)15-19-8-4-3-5-9-19/h3-14H,15-16H2,1-2H3,(H,26,28)(H,27,30). The molecule has 2 N–H and O–H groups in total. The Morgan fingerprint density at radius 1 is 0.938 bits per heavy atom. The number of carbonyl (C=O) groups excluding carboxylic acids is 1. The Morgan fingerprint density at radius 2 is 1.72 bits per heavy atom. The van der Waals surface area contributed by atoms with Gasteiger partial charge in [0.2, 0.25) is 11.0 Å². The number of benzene rings is 3. The monoisotopic (exact) mass is 460 g/mol. The van der Waals surface area contributed by atoms with Gasteiger partial charge in [0.05, 0.1) is 5.75 Å². The molecule has 7 heteroatoms. The van der Waals surface area contributed by atoms with Crippen LogP contribution in [0.3, 0.4) is 0 Å². The predicted molar refractivity (Wildman–Crippen MR) is 134 cm³/mol. The van der Waals surface area contributed by atoms with E-state index in [0.717, 1.165) is 27.7 Å². The van der Waals surface area contributed by atoms with Gasteiger partial charge >= 0.3 is 0 Å². The molecule has 162 valence electrons. The second-order valence-corrected chi connectivity index (χ2v) is 9.65. The molecule has 0 aliphatic carbocycles. The number of nitrogens with one attached hydrogen (secondary N) is 2. The normalized spacial score (nSPS) is 10.7. The molecule has 0 aliphatic rings. The molecular weight excluding hydrogens is 436 g/mol. The summed E-state index contributed by atoms with van der Waals surface area (Å²) < 4.78 is 0.754. The maximum atomic E-state index is 12.6. The molecular formula is C25H24N4OS2. The number of nitrogens with zero attached hydrogens (tertiary/aromatic N) is 2. The van der Waals surface area contributed by atoms with E-state index >= 15 is 0 Å². The highest BCUT2D eigenvalue weighted by atomic mass is 32.2. The number of aryl methyl sites for hydroxylation is 2. The molecule has 0 unspecified atom stereocenters. The van der Waals surface area contributed by atoms with Gasteiger partial charge in [0, 0.05) is 11.4 Å². The van der Waals surface area contributed by atoms with Crippen molar-refractivity contribution in [2.75, 3.05) is 16.4 Å². The third-order valence-electron chi connectivity index (χ3n) is 5.02. The summed E-state index contributed by atoms with van der Waals surface area (Å²) in [5, 5.41) is 15.4. The van der Waals surface area contributed by atoms with Gasteiger partial charge in [-0.05, 0) is 60.7 Å². The van der Waals surface area contributed by atoms with Crippen molar-refractivity contribution >= 4 is 45.5 Å². The highest BCUT2D eigenvalue weighted by Gasteiger charge is 2.11. The van der Waals surface area contributed by atoms with Gasteiger partial charge in [-0.1, -0.05) is 77.7 Å². The van der Waals surface area contributed by atoms with Crippen LogP contribution in [0.4, 0.5) is 16.5 Å². The van der Waals surface area contributed by atoms with E-state index in [-0.39, 0.29) is 11.7 Å². The topological polar surface area (TPSA) is 66.9 Å². The first kappa shape index (κ1) is 22.0. The van der Waals surface area contributed by atoms with Crippen LogP contribution in [0.5, 0.6) is 0 Å². The Balaban J connectivity index is 1.32. The summed E-state index contributed by atoms with van der Waals surface area (Å²) in [6.45, 7) is 4.17. The molecule has 4 aromatic rings. The third-order valence-corrected chi connectivity index (χ3v) is 6.99. The van der Waals surface area contributed by atoms with Gasteiger partial charge < -0.3 is 10.6 Å². The summed E-state index contributed by atoms with van der Waals surface area (Å²) in [7, 11) is 0. The molecule has 0 radical (unpaired) electrons. The lowest BCUT2D eigenvalue weighted by molar-refractivity contribution is -0.113. The first-order valence-corrected chi connectivity index (χ1v) is 12.1. The van der Waals surface area contributed by atoms with E-state index in [4.69, 9.17) is 0 Å². The van der Waals surface area contributed by atoms with Crippen LogP contribution in [0.15, 0.2) is 77.1 Å². The molecule has 1 amide bonds. The average Bonchev–Trinajstić information content (AvgIpc) is 3.24. The highest BCUT2D eigenvalue weighted by molar-refractivity contribution is 8.01. The number of para-hydroxylation sites is 1. The Morgan fingerprint density at radius 3 is 2.53 bits per heavy atom. The zero-order valence-corrected chi connectivity index (χ0v) is 19.6. The smallest absolute Gasteiger partial charge is 0.234 e. The molecule has 0 fully saturated rings. The molecule has 0 bridgehead atoms. The molecule has 4 rings (SSSR count). The lowest BCUT2D eigenvalue weighted by Gasteiger charge is -2.11. The fraction of sp³-hybridized carbons (Fsp3) is 0.160. The molecule has 0 saturated heterocycles. The van der Waals surface area contributed by atoms with Gasteiger partial charge in [-0.15, -0.1) is 10.2 Å². The number of carbonyl (C=O) groups is 1. The van der Waals surface area contributed by atoms with Crippen LogP contribution in [-0.4, -0.2) is 21.9 Å². The quantitative estimate of drug-likeness (QED) is 0.306. The summed E-state index contributed by atoms with van der Waals surface area (Å²) in [5.74, 6) is 0.215. The zero-order valence-electron chi connectivity index (χ0n) is 18.0. The number of aromatic nitrogens is 2. The van der Waals surface area contributed by atoms with Crippen LogP contribution in [0.2, 0.25) is 0 Å². The van der Waals surface area contributed by atoms with E-state index in [2.05, 4.69) is 58.9 Å². The maximum absolute atomic E-state index is 12.6. The lowest BCUT2D eigenvalue weighted by Crippen LogP contribution is -2.15. The summed E-state index contributed by atoms with van der Waals surface area (Å²) >= 11 is 2.83. The fourth-order valence-electron chi connectivity index (χ4n) is 3.19. The molecule has 0 saturated carbocycles. The average molecular weight is 461 g/mol. The summed E-state index contributed by atoms with van der Waals surface area (Å²) in [4.78, 5) is 12.6. The molecule has 0 atom stereocenters. The number of rotatable bonds is 8. The van der Waals surface area contributed by atoms with Crippen LogP contribution in [0, 0.1) is 13.8 Å². The van der Waals surface area contributed by atoms with E-state index in [1.807, 2.05) is 48.5 Å². The van der Waals surface area contributed by atoms with Crippen LogP contribution in [0.1, 0.15) is 22.3 Å². The molecule has 5 nitrogen and oxygen atoms in total. The number of hydrogen-bond acceptors (Lipinski definition) is 6. The first-order valence-electron chi connectivity index (χ1n) is 10.3. The molecule has 3 aromatic carbocycles. The van der Waals surface area contributed by atoms with Crippen molar-refractivity contribution in [2.45, 2.75) is 24.6 Å². The van der Waals surface area contributed by atoms with Gasteiger partial charge in [0.15, 0.2) is 4.34 Å². The zero-order chi connectivity index (χ0) is 22.3. The number of thioether (sulfide) groups is 1. The van der Waals surface area contributed by atoms with E-state index in [0.29, 0.717) is 5.13 Å². The number of amides is 1. The minimum atomic E-state index is -0.0608. The van der Waals surface area contributed by atoms with Crippen LogP contribution >= 0.6 is 23.1 Å². The van der Waals surface area contributed by atoms with Crippen molar-refractivity contribution < 1.29 is 4.79 Å². The van der Waals surface area contributed by atoms with Crippen molar-refractivity contribution in [3.63, 3.8) is 0 Å². The second kappa shape index (κ2) is 10.4. The number of hydrogen-bond donors (Lipinski definition) is 2. The maximum Gasteiger partial charge on any atom is 0.234 e. The van der Waals surface area contributed by atoms with Crippen LogP contribution in [0.25, 0.3) is 0 Å². The van der Waals surface area contributed by atoms with Crippen molar-refractivity contribution in [2.24, 2.45) is 0 Å². The van der Waals surface area contributed by atoms with Crippen LogP contribution < -0.4 is 10.6 Å². The van der Waals surface area contributed by atoms with E-state index in [1.54, 1.807) is 0 Å². The minimum absolute atomic E-state index is 0.0608. The molecule has 0 spiro atoms. The van der Waals surface area contributed by atoms with Gasteiger partial charge in [-0.2, -0.15) is 0 Å². The Kier molecular flexibility index (Phi) is 7.19. The fourth-order valence-corrected chi connectivity index (χ4v) is 4.76. The van der Waals surface area contributed by atoms with Crippen molar-refractivity contribution in [3.05, 3.63) is 95.1 Å². The minimum Gasteiger partial charge on any atom is -0.330 e. The van der Waals surface area contributed by atoms with Crippen molar-refractivity contribution in [1.29, 1.82) is 0 Å². The van der Waals surface area contributed by atoms with Crippen molar-refractivity contribution in [1.82, 2.24) is 10.2 Å². The largest absolute Gasteiger partial charge is 0.330 e. The van der Waals surface area contributed by atoms with Gasteiger partial charge in [0.1, 0.15) is 0 Å². The Labute approximate surface area is 196 Å². The SMILES string of the molecule is Cc1ccc(Nc2nnc(SCC(=O)Nc3ccccc3Cc3ccccc3)s2)cc1C. The lowest BCUT2D eigenvalue weighted by atomic mass is 10.0. The molecule has 0 aliphatic heterocycles. The van der Waals surface area contributed by atoms with E-state index in [1.165, 1.54) is 39.8 Å². The Bertz CT molecular complexity index is 1210. The predicted octanol–water partition coefficient (Wildman–Crippen LogP) is 6.22. The number of anilines is 3. The summed E-state index contributed by atoms with van der Waals surface area (Å²) in [6, 6.07) is 24.3. The Hall–Kier alpha value is -3.16. The van der Waals surface area contributed by atoms with Crippen LogP contribution in [-0.2, 0) is 11.2 Å². The summed E-state index contributed by atoms with van der Waals surface area (Å²) in [6.07, 6.45) is 0.772. The van der Waals surface area contributed by atoms with Gasteiger partial charge in [-0.3, -0.25) is 4.79 Å². The van der Waals surface area contributed by atoms with E-state index in [9.17, 15) is 4.79 Å². The second-order valence-electron chi connectivity index (χ2n) is 7.45. The first-order chi connectivity index (χ1) is 15.6. The van der Waals surface area contributed by atoms with Gasteiger partial charge in [-0.25, -0.2) is 0 Å². The molecule has 32 heavy (non-hydrogen) atoms. The summed E-state index contributed by atoms with van der Waals surface area (Å²) in [5.41, 5.74) is 6.60. The highest BCUT2D eigenvalue weighted by Crippen LogP contribution is 2.28. The van der Waals surface area contributed by atoms with E-state index < -0.39 is 0 Å². The molecule has 1 heterocycles. The molecule has 1 aromatic heterocycles.